The number of benzene rings is 3. The summed E-state index contributed by atoms with van der Waals surface area (Å²) in [6.07, 6.45) is 0.893. The fourth-order valence-corrected chi connectivity index (χ4v) is 3.98. The lowest BCUT2D eigenvalue weighted by Gasteiger charge is -2.09. The molecule has 1 aliphatic carbocycles. The van der Waals surface area contributed by atoms with E-state index in [4.69, 9.17) is 23.8 Å². The summed E-state index contributed by atoms with van der Waals surface area (Å²) in [6, 6.07) is 20.3. The van der Waals surface area contributed by atoms with Gasteiger partial charge < -0.3 is 23.8 Å². The highest BCUT2D eigenvalue weighted by atomic mass is 16.7. The maximum atomic E-state index is 12.6. The molecule has 2 aliphatic rings. The number of fused-ring (bicyclic) bond motifs is 1. The van der Waals surface area contributed by atoms with Crippen LogP contribution in [0.25, 0.3) is 0 Å². The van der Waals surface area contributed by atoms with Gasteiger partial charge in [-0.15, -0.1) is 0 Å². The van der Waals surface area contributed by atoms with Gasteiger partial charge in [0.25, 0.3) is 0 Å². The van der Waals surface area contributed by atoms with Crippen LogP contribution in [0, 0.1) is 5.92 Å². The van der Waals surface area contributed by atoms with Gasteiger partial charge in [0.05, 0.1) is 25.5 Å². The van der Waals surface area contributed by atoms with Crippen LogP contribution in [0.1, 0.15) is 33.8 Å². The molecule has 0 spiro atoms. The topological polar surface area (TPSA) is 75.6 Å². The van der Waals surface area contributed by atoms with Crippen molar-refractivity contribution in [1.82, 2.24) is 0 Å². The third kappa shape index (κ3) is 4.35. The minimum Gasteiger partial charge on any atom is -0.497 e. The third-order valence-electron chi connectivity index (χ3n) is 5.90. The predicted molar refractivity (Wildman–Crippen MR) is 121 cm³/mol. The quantitative estimate of drug-likeness (QED) is 0.296. The van der Waals surface area contributed by atoms with Gasteiger partial charge in [-0.2, -0.15) is 0 Å². The second-order valence-corrected chi connectivity index (χ2v) is 7.87. The van der Waals surface area contributed by atoms with Crippen LogP contribution < -0.4 is 18.9 Å². The molecule has 0 aromatic heterocycles. The van der Waals surface area contributed by atoms with Crippen molar-refractivity contribution in [2.45, 2.75) is 12.3 Å². The molecule has 3 aromatic rings. The summed E-state index contributed by atoms with van der Waals surface area (Å²) >= 11 is 0. The molecule has 0 amide bonds. The smallest absolute Gasteiger partial charge is 0.365 e. The van der Waals surface area contributed by atoms with E-state index in [9.17, 15) is 4.79 Å². The van der Waals surface area contributed by atoms with E-state index in [2.05, 4.69) is 5.16 Å². The van der Waals surface area contributed by atoms with Gasteiger partial charge in [0.2, 0.25) is 6.79 Å². The Balaban J connectivity index is 1.39. The molecule has 2 unspecified atom stereocenters. The normalized spacial score (nSPS) is 18.5. The van der Waals surface area contributed by atoms with Gasteiger partial charge in [0.15, 0.2) is 11.5 Å². The molecule has 0 radical (unpaired) electrons. The predicted octanol–water partition coefficient (Wildman–Crippen LogP) is 4.80. The summed E-state index contributed by atoms with van der Waals surface area (Å²) in [5.74, 6) is 2.77. The van der Waals surface area contributed by atoms with Crippen molar-refractivity contribution in [1.29, 1.82) is 0 Å². The Labute approximate surface area is 191 Å². The van der Waals surface area contributed by atoms with E-state index < -0.39 is 5.97 Å². The zero-order valence-electron chi connectivity index (χ0n) is 18.3. The van der Waals surface area contributed by atoms with E-state index in [-0.39, 0.29) is 18.6 Å². The first kappa shape index (κ1) is 20.9. The molecule has 7 heteroatoms. The summed E-state index contributed by atoms with van der Waals surface area (Å²) < 4.78 is 21.4. The Bertz CT molecular complexity index is 1190. The SMILES string of the molecule is COc1ccc(C(=O)O/N=C(/c2ccc(OC)cc2)C2CC2c2ccc3c(c2)OCO3)cc1. The number of rotatable bonds is 7. The average molecular weight is 445 g/mol. The molecule has 168 valence electrons. The Hall–Kier alpha value is -4.00. The number of oxime groups is 1. The number of methoxy groups -OCH3 is 2. The Morgan fingerprint density at radius 3 is 2.15 bits per heavy atom. The van der Waals surface area contributed by atoms with Gasteiger partial charge in [-0.25, -0.2) is 4.79 Å². The molecule has 0 bridgehead atoms. The van der Waals surface area contributed by atoms with Crippen LogP contribution in [0.4, 0.5) is 0 Å². The maximum Gasteiger partial charge on any atom is 0.365 e. The fourth-order valence-electron chi connectivity index (χ4n) is 3.98. The van der Waals surface area contributed by atoms with E-state index in [0.717, 1.165) is 40.5 Å². The van der Waals surface area contributed by atoms with Crippen molar-refractivity contribution < 1.29 is 28.6 Å². The molecule has 2 atom stereocenters. The zero-order chi connectivity index (χ0) is 22.8. The molecule has 3 aromatic carbocycles. The van der Waals surface area contributed by atoms with Crippen molar-refractivity contribution in [3.63, 3.8) is 0 Å². The minimum absolute atomic E-state index is 0.113. The van der Waals surface area contributed by atoms with Crippen molar-refractivity contribution in [3.8, 4) is 23.0 Å². The van der Waals surface area contributed by atoms with Gasteiger partial charge in [0, 0.05) is 5.92 Å². The monoisotopic (exact) mass is 445 g/mol. The van der Waals surface area contributed by atoms with E-state index in [0.29, 0.717) is 11.3 Å². The fraction of sp³-hybridized carbons (Fsp3) is 0.231. The number of carbonyl (C=O) groups excluding carboxylic acids is 1. The van der Waals surface area contributed by atoms with Crippen LogP contribution in [0.15, 0.2) is 71.9 Å². The standard InChI is InChI=1S/C26H23NO6/c1-29-19-8-3-16(4-9-19)25(27-33-26(28)17-5-10-20(30-2)11-6-17)22-14-21(22)18-7-12-23-24(13-18)32-15-31-23/h3-13,21-22H,14-15H2,1-2H3/b27-25-. The van der Waals surface area contributed by atoms with Gasteiger partial charge in [0.1, 0.15) is 11.5 Å². The van der Waals surface area contributed by atoms with E-state index in [1.807, 2.05) is 42.5 Å². The molecule has 1 fully saturated rings. The largest absolute Gasteiger partial charge is 0.497 e. The molecule has 1 saturated carbocycles. The first-order chi connectivity index (χ1) is 16.2. The maximum absolute atomic E-state index is 12.6. The van der Waals surface area contributed by atoms with Crippen molar-refractivity contribution >= 4 is 11.7 Å². The molecule has 1 aliphatic heterocycles. The number of ether oxygens (including phenoxy) is 4. The first-order valence-corrected chi connectivity index (χ1v) is 10.6. The Morgan fingerprint density at radius 2 is 1.48 bits per heavy atom. The molecular weight excluding hydrogens is 422 g/mol. The second kappa shape index (κ2) is 8.86. The lowest BCUT2D eigenvalue weighted by Crippen LogP contribution is -2.09. The van der Waals surface area contributed by atoms with Crippen LogP contribution in [0.5, 0.6) is 23.0 Å². The van der Waals surface area contributed by atoms with Gasteiger partial charge in [-0.3, -0.25) is 0 Å². The molecule has 7 nitrogen and oxygen atoms in total. The summed E-state index contributed by atoms with van der Waals surface area (Å²) in [6.45, 7) is 0.243. The second-order valence-electron chi connectivity index (χ2n) is 7.87. The van der Waals surface area contributed by atoms with Crippen LogP contribution in [-0.4, -0.2) is 32.7 Å². The zero-order valence-corrected chi connectivity index (χ0v) is 18.3. The minimum atomic E-state index is -0.524. The van der Waals surface area contributed by atoms with Gasteiger partial charge in [-0.1, -0.05) is 11.2 Å². The highest BCUT2D eigenvalue weighted by molar-refractivity contribution is 6.05. The van der Waals surface area contributed by atoms with Crippen molar-refractivity contribution in [2.24, 2.45) is 11.1 Å². The van der Waals surface area contributed by atoms with Crippen molar-refractivity contribution in [3.05, 3.63) is 83.4 Å². The van der Waals surface area contributed by atoms with Crippen LogP contribution in [0.2, 0.25) is 0 Å². The summed E-state index contributed by atoms with van der Waals surface area (Å²) in [7, 11) is 3.20. The van der Waals surface area contributed by atoms with Crippen molar-refractivity contribution in [2.75, 3.05) is 21.0 Å². The van der Waals surface area contributed by atoms with Crippen LogP contribution >= 0.6 is 0 Å². The third-order valence-corrected chi connectivity index (χ3v) is 5.90. The number of hydrogen-bond acceptors (Lipinski definition) is 7. The molecule has 0 saturated heterocycles. The molecule has 0 N–H and O–H groups in total. The molecule has 1 heterocycles. The summed E-state index contributed by atoms with van der Waals surface area (Å²) in [5, 5.41) is 4.32. The molecule has 5 rings (SSSR count). The Morgan fingerprint density at radius 1 is 0.848 bits per heavy atom. The summed E-state index contributed by atoms with van der Waals surface area (Å²) in [4.78, 5) is 17.9. The van der Waals surface area contributed by atoms with E-state index in [1.54, 1.807) is 38.5 Å². The van der Waals surface area contributed by atoms with Crippen LogP contribution in [-0.2, 0) is 4.84 Å². The highest BCUT2D eigenvalue weighted by Crippen LogP contribution is 2.51. The lowest BCUT2D eigenvalue weighted by molar-refractivity contribution is 0.0515. The Kier molecular flexibility index (Phi) is 5.60. The van der Waals surface area contributed by atoms with E-state index >= 15 is 0 Å². The number of hydrogen-bond donors (Lipinski definition) is 0. The van der Waals surface area contributed by atoms with E-state index in [1.165, 1.54) is 0 Å². The molecular formula is C26H23NO6. The van der Waals surface area contributed by atoms with Gasteiger partial charge >= 0.3 is 5.97 Å². The highest BCUT2D eigenvalue weighted by Gasteiger charge is 2.43. The molecule has 33 heavy (non-hydrogen) atoms. The van der Waals surface area contributed by atoms with Gasteiger partial charge in [-0.05, 0) is 84.1 Å². The number of nitrogens with zero attached hydrogens (tertiary/aromatic N) is 1. The lowest BCUT2D eigenvalue weighted by atomic mass is 10.0. The first-order valence-electron chi connectivity index (χ1n) is 10.6. The summed E-state index contributed by atoms with van der Waals surface area (Å²) in [5.41, 5.74) is 3.15. The van der Waals surface area contributed by atoms with Crippen LogP contribution in [0.3, 0.4) is 0 Å². The average Bonchev–Trinajstić information content (AvgIpc) is 3.51. The number of carbonyl (C=O) groups is 1.